The number of anilines is 1. The first-order chi connectivity index (χ1) is 14.9. The van der Waals surface area contributed by atoms with E-state index < -0.39 is 12.0 Å². The van der Waals surface area contributed by atoms with Crippen molar-refractivity contribution < 1.29 is 34.4 Å². The first-order valence-electron chi connectivity index (χ1n) is 9.69. The van der Waals surface area contributed by atoms with Gasteiger partial charge in [-0.25, -0.2) is 4.79 Å². The van der Waals surface area contributed by atoms with Crippen LogP contribution in [-0.4, -0.2) is 53.7 Å². The molecule has 2 aromatic rings. The van der Waals surface area contributed by atoms with Gasteiger partial charge in [0.1, 0.15) is 12.4 Å². The quantitative estimate of drug-likeness (QED) is 0.146. The Morgan fingerprint density at radius 2 is 1.68 bits per heavy atom. The van der Waals surface area contributed by atoms with Gasteiger partial charge in [0.25, 0.3) is 0 Å². The van der Waals surface area contributed by atoms with E-state index in [1.807, 2.05) is 6.92 Å². The number of hydrogen-bond acceptors (Lipinski definition) is 8. The summed E-state index contributed by atoms with van der Waals surface area (Å²) in [6, 6.07) is 8.30. The third kappa shape index (κ3) is 6.16. The number of rotatable bonds is 12. The van der Waals surface area contributed by atoms with Gasteiger partial charge in [-0.3, -0.25) is 0 Å². The smallest absolute Gasteiger partial charge is 0.330 e. The van der Waals surface area contributed by atoms with Gasteiger partial charge in [-0.05, 0) is 44.2 Å². The van der Waals surface area contributed by atoms with Crippen molar-refractivity contribution in [3.05, 3.63) is 47.5 Å². The van der Waals surface area contributed by atoms with Crippen LogP contribution in [0, 0.1) is 0 Å². The SMILES string of the molecule is CCOc1cc(OCCO)c(C(Nc2ccc(/C(N)=N/O)cc2)C(=O)O)cc1OCC. The molecule has 0 saturated carbocycles. The zero-order chi connectivity index (χ0) is 22.8. The highest BCUT2D eigenvalue weighted by Crippen LogP contribution is 2.39. The van der Waals surface area contributed by atoms with Crippen molar-refractivity contribution in [2.24, 2.45) is 10.9 Å². The van der Waals surface area contributed by atoms with Crippen LogP contribution in [0.4, 0.5) is 5.69 Å². The van der Waals surface area contributed by atoms with Crippen molar-refractivity contribution in [2.75, 3.05) is 31.7 Å². The molecule has 1 unspecified atom stereocenters. The van der Waals surface area contributed by atoms with Crippen molar-refractivity contribution in [2.45, 2.75) is 19.9 Å². The third-order valence-electron chi connectivity index (χ3n) is 4.18. The normalized spacial score (nSPS) is 12.2. The van der Waals surface area contributed by atoms with Crippen LogP contribution in [0.2, 0.25) is 0 Å². The minimum atomic E-state index is -1.20. The number of nitrogens with zero attached hydrogens (tertiary/aromatic N) is 1. The fourth-order valence-corrected chi connectivity index (χ4v) is 2.83. The molecule has 0 radical (unpaired) electrons. The second kappa shape index (κ2) is 11.5. The Morgan fingerprint density at radius 3 is 2.19 bits per heavy atom. The van der Waals surface area contributed by atoms with Gasteiger partial charge >= 0.3 is 5.97 Å². The number of hydrogen-bond donors (Lipinski definition) is 5. The largest absolute Gasteiger partial charge is 0.491 e. The zero-order valence-corrected chi connectivity index (χ0v) is 17.4. The third-order valence-corrected chi connectivity index (χ3v) is 4.18. The lowest BCUT2D eigenvalue weighted by molar-refractivity contribution is -0.138. The Morgan fingerprint density at radius 1 is 1.06 bits per heavy atom. The first kappa shape index (κ1) is 23.6. The number of carbonyl (C=O) groups is 1. The molecule has 0 bridgehead atoms. The maximum absolute atomic E-state index is 12.1. The topological polar surface area (TPSA) is 156 Å². The predicted molar refractivity (Wildman–Crippen MR) is 114 cm³/mol. The summed E-state index contributed by atoms with van der Waals surface area (Å²) in [5.41, 5.74) is 6.82. The Balaban J connectivity index is 2.47. The molecule has 10 nitrogen and oxygen atoms in total. The molecule has 0 aliphatic carbocycles. The summed E-state index contributed by atoms with van der Waals surface area (Å²) < 4.78 is 16.8. The highest BCUT2D eigenvalue weighted by molar-refractivity contribution is 5.97. The van der Waals surface area contributed by atoms with E-state index in [1.165, 1.54) is 0 Å². The maximum atomic E-state index is 12.1. The lowest BCUT2D eigenvalue weighted by Gasteiger charge is -2.22. The second-order valence-electron chi connectivity index (χ2n) is 6.25. The van der Waals surface area contributed by atoms with E-state index in [0.29, 0.717) is 41.5 Å². The van der Waals surface area contributed by atoms with Crippen LogP contribution in [0.15, 0.2) is 41.6 Å². The van der Waals surface area contributed by atoms with E-state index in [-0.39, 0.29) is 24.8 Å². The molecule has 6 N–H and O–H groups in total. The molecule has 0 aliphatic rings. The number of ether oxygens (including phenoxy) is 3. The summed E-state index contributed by atoms with van der Waals surface area (Å²) in [5.74, 6) is -0.177. The zero-order valence-electron chi connectivity index (χ0n) is 17.4. The molecule has 0 spiro atoms. The van der Waals surface area contributed by atoms with E-state index in [4.69, 9.17) is 30.3 Å². The van der Waals surface area contributed by atoms with E-state index in [1.54, 1.807) is 43.3 Å². The number of nitrogens with one attached hydrogen (secondary N) is 1. The summed E-state index contributed by atoms with van der Waals surface area (Å²) in [6.07, 6.45) is 0. The van der Waals surface area contributed by atoms with E-state index >= 15 is 0 Å². The molecule has 1 atom stereocenters. The number of aliphatic hydroxyl groups is 1. The standard InChI is InChI=1S/C21H27N3O7/c1-3-29-17-11-15(16(31-10-9-25)12-18(17)30-4-2)19(21(26)27)23-14-7-5-13(6-8-14)20(22)24-28/h5-8,11-12,19,23,25,28H,3-4,9-10H2,1-2H3,(H2,22,24)(H,26,27). The number of amidine groups is 1. The molecule has 0 aliphatic heterocycles. The molecule has 2 rings (SSSR count). The average molecular weight is 433 g/mol. The Kier molecular flexibility index (Phi) is 8.77. The number of aliphatic hydroxyl groups excluding tert-OH is 1. The second-order valence-corrected chi connectivity index (χ2v) is 6.25. The maximum Gasteiger partial charge on any atom is 0.330 e. The molecular formula is C21H27N3O7. The highest BCUT2D eigenvalue weighted by Gasteiger charge is 2.26. The van der Waals surface area contributed by atoms with E-state index in [2.05, 4.69) is 10.5 Å². The monoisotopic (exact) mass is 433 g/mol. The first-order valence-corrected chi connectivity index (χ1v) is 9.69. The molecule has 0 aromatic heterocycles. The summed E-state index contributed by atoms with van der Waals surface area (Å²) in [6.45, 7) is 4.10. The lowest BCUT2D eigenvalue weighted by Crippen LogP contribution is -2.22. The van der Waals surface area contributed by atoms with Crippen LogP contribution in [0.3, 0.4) is 0 Å². The molecule has 168 valence electrons. The van der Waals surface area contributed by atoms with E-state index in [9.17, 15) is 9.90 Å². The van der Waals surface area contributed by atoms with Gasteiger partial charge < -0.3 is 40.7 Å². The van der Waals surface area contributed by atoms with Crippen LogP contribution in [-0.2, 0) is 4.79 Å². The van der Waals surface area contributed by atoms with Crippen LogP contribution in [0.5, 0.6) is 17.2 Å². The molecular weight excluding hydrogens is 406 g/mol. The summed E-state index contributed by atoms with van der Waals surface area (Å²) >= 11 is 0. The van der Waals surface area contributed by atoms with Gasteiger partial charge in [-0.2, -0.15) is 0 Å². The van der Waals surface area contributed by atoms with Crippen molar-refractivity contribution in [3.8, 4) is 17.2 Å². The van der Waals surface area contributed by atoms with Gasteiger partial charge in [-0.1, -0.05) is 5.16 Å². The Hall–Kier alpha value is -3.66. The Bertz CT molecular complexity index is 901. The summed E-state index contributed by atoms with van der Waals surface area (Å²) in [7, 11) is 0. The number of benzene rings is 2. The Labute approximate surface area is 179 Å². The van der Waals surface area contributed by atoms with Crippen LogP contribution in [0.25, 0.3) is 0 Å². The van der Waals surface area contributed by atoms with Crippen LogP contribution >= 0.6 is 0 Å². The van der Waals surface area contributed by atoms with Gasteiger partial charge in [0.05, 0.1) is 19.8 Å². The van der Waals surface area contributed by atoms with Crippen molar-refractivity contribution >= 4 is 17.5 Å². The number of carboxylic acids is 1. The summed E-state index contributed by atoms with van der Waals surface area (Å²) in [5, 5.41) is 33.7. The minimum Gasteiger partial charge on any atom is -0.491 e. The highest BCUT2D eigenvalue weighted by atomic mass is 16.5. The van der Waals surface area contributed by atoms with Gasteiger partial charge in [0.15, 0.2) is 23.4 Å². The van der Waals surface area contributed by atoms with Crippen LogP contribution < -0.4 is 25.3 Å². The molecule has 2 aromatic carbocycles. The fraction of sp³-hybridized carbons (Fsp3) is 0.333. The van der Waals surface area contributed by atoms with Crippen LogP contribution in [0.1, 0.15) is 31.0 Å². The van der Waals surface area contributed by atoms with Gasteiger partial charge in [0.2, 0.25) is 0 Å². The minimum absolute atomic E-state index is 0.0205. The number of carboxylic acid groups (broad SMARTS) is 1. The van der Waals surface area contributed by atoms with Crippen molar-refractivity contribution in [1.29, 1.82) is 0 Å². The van der Waals surface area contributed by atoms with Crippen molar-refractivity contribution in [3.63, 3.8) is 0 Å². The van der Waals surface area contributed by atoms with Gasteiger partial charge in [-0.15, -0.1) is 0 Å². The van der Waals surface area contributed by atoms with E-state index in [0.717, 1.165) is 0 Å². The number of oxime groups is 1. The summed E-state index contributed by atoms with van der Waals surface area (Å²) in [4.78, 5) is 12.1. The average Bonchev–Trinajstić information content (AvgIpc) is 2.77. The van der Waals surface area contributed by atoms with Crippen molar-refractivity contribution in [1.82, 2.24) is 0 Å². The molecule has 0 saturated heterocycles. The number of aliphatic carboxylic acids is 1. The molecule has 0 amide bonds. The molecule has 10 heteroatoms. The predicted octanol–water partition coefficient (Wildman–Crippen LogP) is 2.19. The number of nitrogens with two attached hydrogens (primary N) is 1. The lowest BCUT2D eigenvalue weighted by atomic mass is 10.0. The molecule has 31 heavy (non-hydrogen) atoms. The van der Waals surface area contributed by atoms with Gasteiger partial charge in [0, 0.05) is 22.9 Å². The fourth-order valence-electron chi connectivity index (χ4n) is 2.83. The molecule has 0 fully saturated rings. The molecule has 0 heterocycles.